The van der Waals surface area contributed by atoms with Gasteiger partial charge >= 0.3 is 0 Å². The maximum Gasteiger partial charge on any atom is 0.275 e. The molecule has 0 fully saturated rings. The Morgan fingerprint density at radius 3 is 2.55 bits per heavy atom. The second kappa shape index (κ2) is 9.27. The zero-order valence-corrected chi connectivity index (χ0v) is 18.4. The van der Waals surface area contributed by atoms with E-state index in [1.807, 2.05) is 35.7 Å². The second-order valence-corrected chi connectivity index (χ2v) is 9.03. The number of nitrogens with zero attached hydrogens (tertiary/aromatic N) is 2. The first-order valence-electron chi connectivity index (χ1n) is 10.4. The van der Waals surface area contributed by atoms with E-state index in [9.17, 15) is 9.59 Å². The van der Waals surface area contributed by atoms with Crippen molar-refractivity contribution in [2.75, 3.05) is 0 Å². The molecule has 5 nitrogen and oxygen atoms in total. The molecule has 0 unspecified atom stereocenters. The largest absolute Gasteiger partial charge is 0.343 e. The molecule has 0 saturated carbocycles. The van der Waals surface area contributed by atoms with Crippen molar-refractivity contribution in [2.45, 2.75) is 32.9 Å². The minimum Gasteiger partial charge on any atom is -0.343 e. The average Bonchev–Trinajstić information content (AvgIpc) is 3.29. The highest BCUT2D eigenvalue weighted by molar-refractivity contribution is 7.10. The van der Waals surface area contributed by atoms with Gasteiger partial charge in [-0.3, -0.25) is 9.59 Å². The fraction of sp³-hybridized carbons (Fsp3) is 0.240. The molecule has 6 heteroatoms. The van der Waals surface area contributed by atoms with Crippen LogP contribution in [0, 0.1) is 5.92 Å². The van der Waals surface area contributed by atoms with Crippen LogP contribution in [0.1, 0.15) is 35.9 Å². The van der Waals surface area contributed by atoms with E-state index >= 15 is 0 Å². The van der Waals surface area contributed by atoms with Crippen molar-refractivity contribution in [3.8, 4) is 0 Å². The lowest BCUT2D eigenvalue weighted by molar-refractivity contribution is -0.122. The number of carbonyl (C=O) groups excluding carboxylic acids is 1. The number of rotatable bonds is 7. The zero-order chi connectivity index (χ0) is 21.8. The lowest BCUT2D eigenvalue weighted by atomic mass is 9.99. The summed E-state index contributed by atoms with van der Waals surface area (Å²) in [7, 11) is 0. The summed E-state index contributed by atoms with van der Waals surface area (Å²) in [5.74, 6) is 0.334. The van der Waals surface area contributed by atoms with Crippen LogP contribution in [0.5, 0.6) is 0 Å². The maximum absolute atomic E-state index is 12.9. The van der Waals surface area contributed by atoms with E-state index in [1.54, 1.807) is 23.6 Å². The smallest absolute Gasteiger partial charge is 0.275 e. The summed E-state index contributed by atoms with van der Waals surface area (Å²) in [5.41, 5.74) is 2.03. The summed E-state index contributed by atoms with van der Waals surface area (Å²) >= 11 is 1.60. The Hall–Kier alpha value is -3.25. The van der Waals surface area contributed by atoms with Gasteiger partial charge in [-0.05, 0) is 41.0 Å². The summed E-state index contributed by atoms with van der Waals surface area (Å²) in [6, 6.07) is 19.4. The molecule has 1 atom stereocenters. The molecular formula is C25H25N3O2S. The number of nitrogens with one attached hydrogen (secondary N) is 1. The van der Waals surface area contributed by atoms with Gasteiger partial charge in [-0.1, -0.05) is 62.4 Å². The fourth-order valence-corrected chi connectivity index (χ4v) is 4.48. The van der Waals surface area contributed by atoms with Crippen LogP contribution in [0.15, 0.2) is 77.0 Å². The van der Waals surface area contributed by atoms with Crippen molar-refractivity contribution in [1.29, 1.82) is 0 Å². The molecule has 4 rings (SSSR count). The standard InChI is InChI=1S/C25H25N3O2S/c1-17(2)14-18-9-11-19(12-10-18)24(22-8-5-13-31-22)27-23(29)16-28-25(30)21-7-4-3-6-20(21)15-26-28/h3-13,15,17,24H,14,16H2,1-2H3,(H,27,29)/t24-/m0/s1. The molecule has 2 aromatic carbocycles. The van der Waals surface area contributed by atoms with Crippen molar-refractivity contribution < 1.29 is 4.79 Å². The molecule has 4 aromatic rings. The van der Waals surface area contributed by atoms with E-state index in [0.29, 0.717) is 11.3 Å². The predicted octanol–water partition coefficient (Wildman–Crippen LogP) is 4.56. The first-order chi connectivity index (χ1) is 15.0. The van der Waals surface area contributed by atoms with Gasteiger partial charge in [0.2, 0.25) is 5.91 Å². The molecule has 0 radical (unpaired) electrons. The van der Waals surface area contributed by atoms with Crippen LogP contribution in [0.2, 0.25) is 0 Å². The number of carbonyl (C=O) groups is 1. The summed E-state index contributed by atoms with van der Waals surface area (Å²) < 4.78 is 1.22. The highest BCUT2D eigenvalue weighted by Crippen LogP contribution is 2.26. The average molecular weight is 432 g/mol. The predicted molar refractivity (Wildman–Crippen MR) is 125 cm³/mol. The van der Waals surface area contributed by atoms with Crippen LogP contribution in [-0.2, 0) is 17.8 Å². The SMILES string of the molecule is CC(C)Cc1ccc([C@H](NC(=O)Cn2ncc3ccccc3c2=O)c2cccs2)cc1. The monoisotopic (exact) mass is 431 g/mol. The molecule has 1 N–H and O–H groups in total. The first-order valence-corrected chi connectivity index (χ1v) is 11.3. The molecule has 1 amide bonds. The third-order valence-electron chi connectivity index (χ3n) is 5.15. The van der Waals surface area contributed by atoms with Gasteiger partial charge in [0.1, 0.15) is 6.54 Å². The Kier molecular flexibility index (Phi) is 6.28. The second-order valence-electron chi connectivity index (χ2n) is 8.05. The molecule has 0 bridgehead atoms. The minimum absolute atomic E-state index is 0.128. The van der Waals surface area contributed by atoms with E-state index in [0.717, 1.165) is 22.2 Å². The molecule has 0 aliphatic carbocycles. The van der Waals surface area contributed by atoms with Crippen molar-refractivity contribution >= 4 is 28.0 Å². The van der Waals surface area contributed by atoms with Gasteiger partial charge in [-0.25, -0.2) is 4.68 Å². The van der Waals surface area contributed by atoms with E-state index in [1.165, 1.54) is 10.2 Å². The summed E-state index contributed by atoms with van der Waals surface area (Å²) in [6.07, 6.45) is 2.64. The Morgan fingerprint density at radius 2 is 1.84 bits per heavy atom. The van der Waals surface area contributed by atoms with E-state index in [-0.39, 0.29) is 24.1 Å². The Bertz CT molecular complexity index is 1230. The molecule has 2 heterocycles. The minimum atomic E-state index is -0.267. The quantitative estimate of drug-likeness (QED) is 0.466. The summed E-state index contributed by atoms with van der Waals surface area (Å²) in [4.78, 5) is 26.6. The van der Waals surface area contributed by atoms with Gasteiger partial charge in [0, 0.05) is 10.3 Å². The van der Waals surface area contributed by atoms with E-state index in [2.05, 4.69) is 48.5 Å². The van der Waals surface area contributed by atoms with Gasteiger partial charge in [-0.2, -0.15) is 5.10 Å². The van der Waals surface area contributed by atoms with Gasteiger partial charge in [0.15, 0.2) is 0 Å². The fourth-order valence-electron chi connectivity index (χ4n) is 3.67. The van der Waals surface area contributed by atoms with Crippen LogP contribution in [-0.4, -0.2) is 15.7 Å². The van der Waals surface area contributed by atoms with Crippen molar-refractivity contribution in [1.82, 2.24) is 15.1 Å². The van der Waals surface area contributed by atoms with Crippen LogP contribution in [0.3, 0.4) is 0 Å². The normalized spacial score (nSPS) is 12.2. The first kappa shape index (κ1) is 21.0. The number of fused-ring (bicyclic) bond motifs is 1. The number of thiophene rings is 1. The molecule has 31 heavy (non-hydrogen) atoms. The summed E-state index contributed by atoms with van der Waals surface area (Å²) in [5, 5.41) is 10.6. The number of hydrogen-bond donors (Lipinski definition) is 1. The van der Waals surface area contributed by atoms with Gasteiger partial charge in [0.25, 0.3) is 5.56 Å². The van der Waals surface area contributed by atoms with Gasteiger partial charge in [-0.15, -0.1) is 11.3 Å². The molecular weight excluding hydrogens is 406 g/mol. The molecule has 158 valence electrons. The topological polar surface area (TPSA) is 64.0 Å². The Morgan fingerprint density at radius 1 is 1.06 bits per heavy atom. The molecule has 2 aromatic heterocycles. The highest BCUT2D eigenvalue weighted by atomic mass is 32.1. The number of benzene rings is 2. The summed E-state index contributed by atoms with van der Waals surface area (Å²) in [6.45, 7) is 4.27. The molecule has 0 saturated heterocycles. The lowest BCUT2D eigenvalue weighted by Gasteiger charge is -2.19. The Labute approximate surface area is 185 Å². The molecule has 0 aliphatic heterocycles. The van der Waals surface area contributed by atoms with Crippen LogP contribution >= 0.6 is 11.3 Å². The Balaban J connectivity index is 1.56. The lowest BCUT2D eigenvalue weighted by Crippen LogP contribution is -2.35. The zero-order valence-electron chi connectivity index (χ0n) is 17.6. The van der Waals surface area contributed by atoms with Crippen molar-refractivity contribution in [3.63, 3.8) is 0 Å². The third-order valence-corrected chi connectivity index (χ3v) is 6.08. The number of amides is 1. The van der Waals surface area contributed by atoms with Gasteiger partial charge < -0.3 is 5.32 Å². The van der Waals surface area contributed by atoms with Crippen molar-refractivity contribution in [2.24, 2.45) is 5.92 Å². The van der Waals surface area contributed by atoms with Crippen LogP contribution in [0.4, 0.5) is 0 Å². The van der Waals surface area contributed by atoms with Crippen LogP contribution in [0.25, 0.3) is 10.8 Å². The number of hydrogen-bond acceptors (Lipinski definition) is 4. The van der Waals surface area contributed by atoms with E-state index < -0.39 is 0 Å². The number of aromatic nitrogens is 2. The van der Waals surface area contributed by atoms with Crippen LogP contribution < -0.4 is 10.9 Å². The van der Waals surface area contributed by atoms with Crippen molar-refractivity contribution in [3.05, 3.63) is 98.6 Å². The third kappa shape index (κ3) is 4.91. The molecule has 0 aliphatic rings. The highest BCUT2D eigenvalue weighted by Gasteiger charge is 2.19. The maximum atomic E-state index is 12.9. The molecule has 0 spiro atoms. The van der Waals surface area contributed by atoms with E-state index in [4.69, 9.17) is 0 Å². The van der Waals surface area contributed by atoms with Gasteiger partial charge in [0.05, 0.1) is 17.6 Å².